The molecule has 0 aliphatic carbocycles. The van der Waals surface area contributed by atoms with E-state index >= 15 is 0 Å². The lowest BCUT2D eigenvalue weighted by Crippen LogP contribution is -2.24. The molecule has 0 unspecified atom stereocenters. The zero-order chi connectivity index (χ0) is 14.7. The third-order valence-electron chi connectivity index (χ3n) is 4.06. The molecule has 2 atom stereocenters. The Hall–Kier alpha value is -1.24. The maximum atomic E-state index is 5.92. The first-order chi connectivity index (χ1) is 10.3. The molecule has 0 bridgehead atoms. The quantitative estimate of drug-likeness (QED) is 0.891. The van der Waals surface area contributed by atoms with Gasteiger partial charge in [0.2, 0.25) is 0 Å². The number of aromatic nitrogens is 3. The zero-order valence-corrected chi connectivity index (χ0v) is 13.4. The summed E-state index contributed by atoms with van der Waals surface area (Å²) in [6, 6.07) is 0. The maximum absolute atomic E-state index is 5.92. The number of ether oxygens (including phenoxy) is 1. The van der Waals surface area contributed by atoms with Gasteiger partial charge in [0.1, 0.15) is 0 Å². The van der Waals surface area contributed by atoms with E-state index in [9.17, 15) is 0 Å². The Kier molecular flexibility index (Phi) is 4.67. The highest BCUT2D eigenvalue weighted by atomic mass is 32.1. The van der Waals surface area contributed by atoms with Crippen molar-refractivity contribution in [3.63, 3.8) is 0 Å². The van der Waals surface area contributed by atoms with Crippen LogP contribution in [-0.2, 0) is 17.8 Å². The largest absolute Gasteiger partial charge is 0.373 e. The Bertz CT molecular complexity index is 580. The topological polar surface area (TPSA) is 52.0 Å². The van der Waals surface area contributed by atoms with Gasteiger partial charge in [0.25, 0.3) is 0 Å². The minimum atomic E-state index is 0.181. The van der Waals surface area contributed by atoms with E-state index in [1.165, 1.54) is 10.4 Å². The van der Waals surface area contributed by atoms with Gasteiger partial charge in [0.05, 0.1) is 23.5 Å². The van der Waals surface area contributed by atoms with E-state index < -0.39 is 0 Å². The lowest BCUT2D eigenvalue weighted by Gasteiger charge is -2.17. The van der Waals surface area contributed by atoms with Crippen molar-refractivity contribution in [3.8, 4) is 0 Å². The molecule has 2 aromatic heterocycles. The fourth-order valence-electron chi connectivity index (χ4n) is 2.78. The Morgan fingerprint density at radius 2 is 2.43 bits per heavy atom. The van der Waals surface area contributed by atoms with Crippen LogP contribution < -0.4 is 5.32 Å². The third-order valence-corrected chi connectivity index (χ3v) is 4.99. The molecule has 1 saturated heterocycles. The first kappa shape index (κ1) is 14.7. The predicted molar refractivity (Wildman–Crippen MR) is 83.3 cm³/mol. The molecule has 21 heavy (non-hydrogen) atoms. The van der Waals surface area contributed by atoms with Gasteiger partial charge in [-0.2, -0.15) is 5.10 Å². The fourth-order valence-corrected chi connectivity index (χ4v) is 3.52. The van der Waals surface area contributed by atoms with E-state index in [0.717, 1.165) is 38.4 Å². The number of thiazole rings is 1. The standard InChI is InChI=1S/C15H22N4OS/c1-3-19-9-13(7-18-19)15-12(4-5-20-15)6-16-8-14-11(2)17-10-21-14/h7,9-10,12,15-16H,3-6,8H2,1-2H3/t12-,15+/m0/s1. The van der Waals surface area contributed by atoms with Crippen LogP contribution in [0.1, 0.15) is 35.6 Å². The summed E-state index contributed by atoms with van der Waals surface area (Å²) in [4.78, 5) is 5.61. The van der Waals surface area contributed by atoms with Gasteiger partial charge >= 0.3 is 0 Å². The number of nitrogens with zero attached hydrogens (tertiary/aromatic N) is 3. The average Bonchev–Trinajstić information content (AvgIpc) is 3.20. The number of hydrogen-bond donors (Lipinski definition) is 1. The second-order valence-corrected chi connectivity index (χ2v) is 6.40. The van der Waals surface area contributed by atoms with Crippen molar-refractivity contribution in [2.24, 2.45) is 5.92 Å². The van der Waals surface area contributed by atoms with Crippen molar-refractivity contribution < 1.29 is 4.74 Å². The SMILES string of the molecule is CCn1cc([C@@H]2OCC[C@H]2CNCc2scnc2C)cn1. The summed E-state index contributed by atoms with van der Waals surface area (Å²) in [6.45, 7) is 7.78. The fraction of sp³-hybridized carbons (Fsp3) is 0.600. The van der Waals surface area contributed by atoms with Gasteiger partial charge in [-0.15, -0.1) is 11.3 Å². The first-order valence-electron chi connectivity index (χ1n) is 7.51. The molecular weight excluding hydrogens is 284 g/mol. The van der Waals surface area contributed by atoms with Crippen molar-refractivity contribution in [1.82, 2.24) is 20.1 Å². The second kappa shape index (κ2) is 6.68. The van der Waals surface area contributed by atoms with Gasteiger partial charge in [-0.3, -0.25) is 4.68 Å². The van der Waals surface area contributed by atoms with Crippen LogP contribution in [0, 0.1) is 12.8 Å². The molecule has 114 valence electrons. The van der Waals surface area contributed by atoms with Gasteiger partial charge in [-0.25, -0.2) is 4.98 Å². The van der Waals surface area contributed by atoms with Gasteiger partial charge < -0.3 is 10.1 Å². The average molecular weight is 306 g/mol. The highest BCUT2D eigenvalue weighted by molar-refractivity contribution is 7.09. The molecule has 1 fully saturated rings. The Balaban J connectivity index is 1.55. The number of hydrogen-bond acceptors (Lipinski definition) is 5. The molecule has 6 heteroatoms. The second-order valence-electron chi connectivity index (χ2n) is 5.46. The molecule has 5 nitrogen and oxygen atoms in total. The molecule has 0 spiro atoms. The van der Waals surface area contributed by atoms with E-state index in [-0.39, 0.29) is 6.10 Å². The van der Waals surface area contributed by atoms with Crippen LogP contribution in [0.15, 0.2) is 17.9 Å². The van der Waals surface area contributed by atoms with Crippen molar-refractivity contribution in [3.05, 3.63) is 34.0 Å². The Morgan fingerprint density at radius 1 is 1.52 bits per heavy atom. The summed E-state index contributed by atoms with van der Waals surface area (Å²) >= 11 is 1.72. The molecule has 0 aromatic carbocycles. The van der Waals surface area contributed by atoms with Crippen LogP contribution >= 0.6 is 11.3 Å². The minimum absolute atomic E-state index is 0.181. The van der Waals surface area contributed by atoms with Gasteiger partial charge in [0.15, 0.2) is 0 Å². The summed E-state index contributed by atoms with van der Waals surface area (Å²) < 4.78 is 7.88. The highest BCUT2D eigenvalue weighted by Crippen LogP contribution is 2.33. The van der Waals surface area contributed by atoms with E-state index in [2.05, 4.69) is 35.4 Å². The molecule has 0 radical (unpaired) electrons. The summed E-state index contributed by atoms with van der Waals surface area (Å²) in [6.07, 6.45) is 5.34. The summed E-state index contributed by atoms with van der Waals surface area (Å²) in [5.41, 5.74) is 4.25. The van der Waals surface area contributed by atoms with Gasteiger partial charge in [0, 0.05) is 48.8 Å². The van der Waals surface area contributed by atoms with Gasteiger partial charge in [-0.05, 0) is 20.3 Å². The monoisotopic (exact) mass is 306 g/mol. The smallest absolute Gasteiger partial charge is 0.0896 e. The number of aryl methyl sites for hydroxylation is 2. The molecule has 3 rings (SSSR count). The Labute approximate surface area is 129 Å². The molecule has 1 aliphatic rings. The molecule has 2 aromatic rings. The molecular formula is C15H22N4OS. The first-order valence-corrected chi connectivity index (χ1v) is 8.39. The van der Waals surface area contributed by atoms with Crippen LogP contribution in [0.4, 0.5) is 0 Å². The van der Waals surface area contributed by atoms with Crippen LogP contribution in [0.2, 0.25) is 0 Å². The normalized spacial score (nSPS) is 22.0. The molecule has 0 amide bonds. The summed E-state index contributed by atoms with van der Waals surface area (Å²) in [5, 5.41) is 7.91. The van der Waals surface area contributed by atoms with Crippen LogP contribution in [0.5, 0.6) is 0 Å². The van der Waals surface area contributed by atoms with Crippen molar-refractivity contribution in [1.29, 1.82) is 0 Å². The molecule has 1 N–H and O–H groups in total. The van der Waals surface area contributed by atoms with Crippen LogP contribution in [-0.4, -0.2) is 27.9 Å². The van der Waals surface area contributed by atoms with Crippen molar-refractivity contribution in [2.75, 3.05) is 13.2 Å². The van der Waals surface area contributed by atoms with E-state index in [1.807, 2.05) is 16.4 Å². The van der Waals surface area contributed by atoms with Crippen LogP contribution in [0.3, 0.4) is 0 Å². The molecule has 1 aliphatic heterocycles. The molecule has 3 heterocycles. The van der Waals surface area contributed by atoms with Gasteiger partial charge in [-0.1, -0.05) is 0 Å². The molecule has 0 saturated carbocycles. The van der Waals surface area contributed by atoms with E-state index in [0.29, 0.717) is 5.92 Å². The predicted octanol–water partition coefficient (Wildman–Crippen LogP) is 2.54. The zero-order valence-electron chi connectivity index (χ0n) is 12.6. The minimum Gasteiger partial charge on any atom is -0.373 e. The van der Waals surface area contributed by atoms with E-state index in [4.69, 9.17) is 4.74 Å². The lowest BCUT2D eigenvalue weighted by atomic mass is 9.97. The third kappa shape index (κ3) is 3.33. The summed E-state index contributed by atoms with van der Waals surface area (Å²) in [7, 11) is 0. The van der Waals surface area contributed by atoms with Crippen molar-refractivity contribution >= 4 is 11.3 Å². The summed E-state index contributed by atoms with van der Waals surface area (Å²) in [5.74, 6) is 0.521. The maximum Gasteiger partial charge on any atom is 0.0896 e. The lowest BCUT2D eigenvalue weighted by molar-refractivity contribution is 0.0904. The van der Waals surface area contributed by atoms with Crippen molar-refractivity contribution in [2.45, 2.75) is 39.5 Å². The van der Waals surface area contributed by atoms with E-state index in [1.54, 1.807) is 11.3 Å². The number of nitrogens with one attached hydrogen (secondary N) is 1. The highest BCUT2D eigenvalue weighted by Gasteiger charge is 2.30. The van der Waals surface area contributed by atoms with Crippen LogP contribution in [0.25, 0.3) is 0 Å². The Morgan fingerprint density at radius 3 is 3.14 bits per heavy atom. The number of rotatable bonds is 6.